The van der Waals surface area contributed by atoms with Crippen LogP contribution in [0.4, 0.5) is 0 Å². The molecule has 1 heterocycles. The van der Waals surface area contributed by atoms with Gasteiger partial charge in [0.15, 0.2) is 11.8 Å². The smallest absolute Gasteiger partial charge is 0.344 e. The van der Waals surface area contributed by atoms with Crippen LogP contribution in [0.5, 0.6) is 5.75 Å². The van der Waals surface area contributed by atoms with E-state index < -0.39 is 5.97 Å². The number of hydrogen-bond acceptors (Lipinski definition) is 6. The molecular formula is C14H14N2O4S. The van der Waals surface area contributed by atoms with Crippen LogP contribution in [0.25, 0.3) is 6.08 Å². The molecule has 0 bridgehead atoms. The Labute approximate surface area is 126 Å². The van der Waals surface area contributed by atoms with Crippen LogP contribution in [0.1, 0.15) is 12.5 Å². The van der Waals surface area contributed by atoms with E-state index in [1.54, 1.807) is 37.3 Å². The molecule has 2 N–H and O–H groups in total. The average molecular weight is 306 g/mol. The molecule has 0 aromatic heterocycles. The molecule has 1 aliphatic rings. The van der Waals surface area contributed by atoms with Crippen molar-refractivity contribution in [2.45, 2.75) is 6.92 Å². The molecule has 0 unspecified atom stereocenters. The molecule has 7 heteroatoms. The van der Waals surface area contributed by atoms with E-state index >= 15 is 0 Å². The quantitative estimate of drug-likeness (QED) is 0.639. The molecule has 110 valence electrons. The van der Waals surface area contributed by atoms with Crippen molar-refractivity contribution in [3.63, 3.8) is 0 Å². The number of amides is 1. The second kappa shape index (κ2) is 6.94. The Morgan fingerprint density at radius 1 is 1.43 bits per heavy atom. The molecule has 1 aromatic rings. The fourth-order valence-electron chi connectivity index (χ4n) is 1.65. The number of esters is 1. The molecule has 2 rings (SSSR count). The van der Waals surface area contributed by atoms with E-state index in [2.05, 4.69) is 5.32 Å². The van der Waals surface area contributed by atoms with Crippen molar-refractivity contribution >= 4 is 34.9 Å². The molecule has 1 fully saturated rings. The van der Waals surface area contributed by atoms with Crippen LogP contribution in [-0.2, 0) is 14.3 Å². The highest BCUT2D eigenvalue weighted by Gasteiger charge is 2.22. The van der Waals surface area contributed by atoms with Gasteiger partial charge in [0.1, 0.15) is 5.75 Å². The summed E-state index contributed by atoms with van der Waals surface area (Å²) in [5, 5.41) is 9.90. The predicted octanol–water partition coefficient (Wildman–Crippen LogP) is 1.77. The minimum Gasteiger partial charge on any atom is -0.481 e. The summed E-state index contributed by atoms with van der Waals surface area (Å²) in [6, 6.07) is 7.04. The minimum atomic E-state index is -0.449. The van der Waals surface area contributed by atoms with Crippen LogP contribution in [0.15, 0.2) is 29.2 Å². The van der Waals surface area contributed by atoms with Gasteiger partial charge in [-0.25, -0.2) is 4.79 Å². The largest absolute Gasteiger partial charge is 0.481 e. The second-order valence-electron chi connectivity index (χ2n) is 4.03. The first-order chi connectivity index (χ1) is 10.1. The van der Waals surface area contributed by atoms with Gasteiger partial charge in [0, 0.05) is 5.56 Å². The Hall–Kier alpha value is -2.28. The van der Waals surface area contributed by atoms with Crippen molar-refractivity contribution in [2.24, 2.45) is 0 Å². The van der Waals surface area contributed by atoms with Gasteiger partial charge < -0.3 is 14.8 Å². The Balaban J connectivity index is 2.14. The van der Waals surface area contributed by atoms with Gasteiger partial charge >= 0.3 is 5.97 Å². The predicted molar refractivity (Wildman–Crippen MR) is 80.0 cm³/mol. The van der Waals surface area contributed by atoms with E-state index in [0.717, 1.165) is 11.8 Å². The lowest BCUT2D eigenvalue weighted by Crippen LogP contribution is -2.18. The third-order valence-corrected chi connectivity index (χ3v) is 3.35. The normalized spacial score (nSPS) is 16.0. The van der Waals surface area contributed by atoms with Gasteiger partial charge in [0.2, 0.25) is 0 Å². The van der Waals surface area contributed by atoms with Gasteiger partial charge in [-0.05, 0) is 30.8 Å². The van der Waals surface area contributed by atoms with Crippen LogP contribution in [0, 0.1) is 5.41 Å². The lowest BCUT2D eigenvalue weighted by atomic mass is 10.2. The Morgan fingerprint density at radius 2 is 2.19 bits per heavy atom. The molecule has 0 spiro atoms. The Bertz CT molecular complexity index is 613. The zero-order chi connectivity index (χ0) is 15.2. The maximum atomic E-state index is 11.6. The van der Waals surface area contributed by atoms with Crippen molar-refractivity contribution in [3.05, 3.63) is 34.7 Å². The molecule has 0 aliphatic carbocycles. The number of carbonyl (C=O) groups excluding carboxylic acids is 2. The third kappa shape index (κ3) is 4.09. The molecule has 21 heavy (non-hydrogen) atoms. The molecule has 0 saturated carbocycles. The molecule has 1 aromatic carbocycles. The van der Waals surface area contributed by atoms with Crippen molar-refractivity contribution in [3.8, 4) is 5.75 Å². The average Bonchev–Trinajstić information content (AvgIpc) is 2.76. The molecule has 1 amide bonds. The summed E-state index contributed by atoms with van der Waals surface area (Å²) in [5.41, 5.74) is 0.661. The summed E-state index contributed by atoms with van der Waals surface area (Å²) in [6.07, 6.45) is 1.63. The SMILES string of the molecule is CCOC(=O)COc1ccccc1/C=C1\SC(=N)NC1=O. The number of para-hydroxylation sites is 1. The number of carbonyl (C=O) groups is 2. The maximum absolute atomic E-state index is 11.6. The number of nitrogens with one attached hydrogen (secondary N) is 2. The maximum Gasteiger partial charge on any atom is 0.344 e. The van der Waals surface area contributed by atoms with Crippen molar-refractivity contribution in [2.75, 3.05) is 13.2 Å². The molecule has 0 atom stereocenters. The van der Waals surface area contributed by atoms with Crippen molar-refractivity contribution in [1.82, 2.24) is 5.32 Å². The summed E-state index contributed by atoms with van der Waals surface area (Å²) in [4.78, 5) is 23.3. The summed E-state index contributed by atoms with van der Waals surface area (Å²) in [7, 11) is 0. The van der Waals surface area contributed by atoms with E-state index in [0.29, 0.717) is 22.8 Å². The zero-order valence-electron chi connectivity index (χ0n) is 11.3. The first-order valence-electron chi connectivity index (χ1n) is 6.27. The van der Waals surface area contributed by atoms with Crippen LogP contribution in [-0.4, -0.2) is 30.3 Å². The molecule has 1 aliphatic heterocycles. The lowest BCUT2D eigenvalue weighted by Gasteiger charge is -2.08. The van der Waals surface area contributed by atoms with Crippen LogP contribution in [0.3, 0.4) is 0 Å². The van der Waals surface area contributed by atoms with Gasteiger partial charge in [0.25, 0.3) is 5.91 Å². The Kier molecular flexibility index (Phi) is 4.99. The zero-order valence-corrected chi connectivity index (χ0v) is 12.2. The van der Waals surface area contributed by atoms with E-state index in [9.17, 15) is 9.59 Å². The van der Waals surface area contributed by atoms with Gasteiger partial charge in [-0.2, -0.15) is 0 Å². The minimum absolute atomic E-state index is 0.0937. The van der Waals surface area contributed by atoms with Crippen molar-refractivity contribution < 1.29 is 19.1 Å². The number of hydrogen-bond donors (Lipinski definition) is 2. The highest BCUT2D eigenvalue weighted by atomic mass is 32.2. The highest BCUT2D eigenvalue weighted by molar-refractivity contribution is 8.18. The van der Waals surface area contributed by atoms with Gasteiger partial charge in [-0.1, -0.05) is 18.2 Å². The number of thioether (sulfide) groups is 1. The monoisotopic (exact) mass is 306 g/mol. The molecule has 6 nitrogen and oxygen atoms in total. The Morgan fingerprint density at radius 3 is 2.86 bits per heavy atom. The second-order valence-corrected chi connectivity index (χ2v) is 5.08. The molecular weight excluding hydrogens is 292 g/mol. The molecule has 0 radical (unpaired) electrons. The van der Waals surface area contributed by atoms with Gasteiger partial charge in [-0.3, -0.25) is 10.2 Å². The van der Waals surface area contributed by atoms with E-state index in [-0.39, 0.29) is 17.7 Å². The van der Waals surface area contributed by atoms with Crippen LogP contribution >= 0.6 is 11.8 Å². The summed E-state index contributed by atoms with van der Waals surface area (Å²) in [5.74, 6) is -0.287. The van der Waals surface area contributed by atoms with Crippen LogP contribution in [0.2, 0.25) is 0 Å². The number of amidine groups is 1. The lowest BCUT2D eigenvalue weighted by molar-refractivity contribution is -0.145. The summed E-state index contributed by atoms with van der Waals surface area (Å²) in [6.45, 7) is 1.83. The fourth-order valence-corrected chi connectivity index (χ4v) is 2.35. The van der Waals surface area contributed by atoms with E-state index in [1.165, 1.54) is 0 Å². The van der Waals surface area contributed by atoms with Gasteiger partial charge in [0.05, 0.1) is 11.5 Å². The number of ether oxygens (including phenoxy) is 2. The highest BCUT2D eigenvalue weighted by Crippen LogP contribution is 2.28. The van der Waals surface area contributed by atoms with Crippen LogP contribution < -0.4 is 10.1 Å². The summed E-state index contributed by atoms with van der Waals surface area (Å²) < 4.78 is 10.2. The van der Waals surface area contributed by atoms with Gasteiger partial charge in [-0.15, -0.1) is 0 Å². The standard InChI is InChI=1S/C14H14N2O4S/c1-2-19-12(17)8-20-10-6-4-3-5-9(10)7-11-13(18)16-14(15)21-11/h3-7H,2,8H2,1H3,(H2,15,16,18)/b11-7-. The first-order valence-corrected chi connectivity index (χ1v) is 7.08. The van der Waals surface area contributed by atoms with E-state index in [4.69, 9.17) is 14.9 Å². The topological polar surface area (TPSA) is 88.5 Å². The first kappa shape index (κ1) is 15.1. The third-order valence-electron chi connectivity index (χ3n) is 2.52. The number of benzene rings is 1. The van der Waals surface area contributed by atoms with Crippen molar-refractivity contribution in [1.29, 1.82) is 5.41 Å². The number of rotatable bonds is 5. The summed E-state index contributed by atoms with van der Waals surface area (Å²) >= 11 is 1.05. The fraction of sp³-hybridized carbons (Fsp3) is 0.214. The van der Waals surface area contributed by atoms with E-state index in [1.807, 2.05) is 0 Å². The molecule has 1 saturated heterocycles.